The minimum atomic E-state index is -0.794. The Bertz CT molecular complexity index is 934. The van der Waals surface area contributed by atoms with Gasteiger partial charge in [-0.15, -0.1) is 0 Å². The van der Waals surface area contributed by atoms with Gasteiger partial charge in [-0.1, -0.05) is 24.3 Å². The molecule has 1 aliphatic heterocycles. The van der Waals surface area contributed by atoms with Gasteiger partial charge in [0.05, 0.1) is 24.3 Å². The number of nitrogens with zero attached hydrogens (tertiary/aromatic N) is 1. The Kier molecular flexibility index (Phi) is 7.28. The van der Waals surface area contributed by atoms with E-state index < -0.39 is 18.0 Å². The van der Waals surface area contributed by atoms with E-state index in [1.807, 2.05) is 18.2 Å². The fraction of sp³-hybridized carbons (Fsp3) is 0.375. The van der Waals surface area contributed by atoms with Gasteiger partial charge in [-0.25, -0.2) is 9.59 Å². The average Bonchev–Trinajstić information content (AvgIpc) is 2.78. The molecule has 2 aromatic rings. The first-order valence-electron chi connectivity index (χ1n) is 10.4. The quantitative estimate of drug-likeness (QED) is 0.633. The van der Waals surface area contributed by atoms with Gasteiger partial charge in [0.1, 0.15) is 5.75 Å². The van der Waals surface area contributed by atoms with Crippen LogP contribution in [0.25, 0.3) is 0 Å². The summed E-state index contributed by atoms with van der Waals surface area (Å²) >= 11 is 0. The lowest BCUT2D eigenvalue weighted by Gasteiger charge is -2.31. The zero-order valence-corrected chi connectivity index (χ0v) is 18.1. The summed E-state index contributed by atoms with van der Waals surface area (Å²) in [5, 5.41) is 0. The highest BCUT2D eigenvalue weighted by molar-refractivity contribution is 5.96. The van der Waals surface area contributed by atoms with Crippen LogP contribution in [-0.4, -0.2) is 48.6 Å². The van der Waals surface area contributed by atoms with E-state index in [0.717, 1.165) is 12.0 Å². The summed E-state index contributed by atoms with van der Waals surface area (Å²) in [5.41, 5.74) is 2.70. The highest BCUT2D eigenvalue weighted by Crippen LogP contribution is 2.23. The summed E-state index contributed by atoms with van der Waals surface area (Å²) in [6.45, 7) is 6.59. The molecule has 0 bridgehead atoms. The molecule has 0 saturated carbocycles. The molecule has 1 heterocycles. The molecule has 1 atom stereocenters. The monoisotopic (exact) mass is 425 g/mol. The third kappa shape index (κ3) is 5.42. The molecule has 1 unspecified atom stereocenters. The summed E-state index contributed by atoms with van der Waals surface area (Å²) in [7, 11) is 0. The first-order valence-corrected chi connectivity index (χ1v) is 10.4. The summed E-state index contributed by atoms with van der Waals surface area (Å²) in [6, 6.07) is 12.4. The molecule has 0 radical (unpaired) electrons. The van der Waals surface area contributed by atoms with E-state index in [2.05, 4.69) is 6.07 Å². The van der Waals surface area contributed by atoms with Crippen molar-refractivity contribution in [1.29, 1.82) is 0 Å². The predicted octanol–water partition coefficient (Wildman–Crippen LogP) is 3.39. The topological polar surface area (TPSA) is 82.1 Å². The van der Waals surface area contributed by atoms with Gasteiger partial charge in [0.15, 0.2) is 6.10 Å². The van der Waals surface area contributed by atoms with Gasteiger partial charge in [0.2, 0.25) is 0 Å². The highest BCUT2D eigenvalue weighted by atomic mass is 16.5. The number of rotatable bonds is 7. The normalized spacial score (nSPS) is 13.7. The zero-order chi connectivity index (χ0) is 22.4. The molecule has 31 heavy (non-hydrogen) atoms. The van der Waals surface area contributed by atoms with Crippen LogP contribution in [0.15, 0.2) is 42.5 Å². The smallest absolute Gasteiger partial charge is 0.338 e. The second kappa shape index (κ2) is 10.1. The van der Waals surface area contributed by atoms with E-state index in [1.54, 1.807) is 25.7 Å². The standard InChI is InChI=1S/C24H27NO6/c1-4-29-23(27)19-12-20(24(28)30-5-2)14-21(13-19)31-16(3)22(26)25-11-10-17-8-6-7-9-18(17)15-25/h6-9,12-14,16H,4-5,10-11,15H2,1-3H3. The van der Waals surface area contributed by atoms with E-state index in [0.29, 0.717) is 13.1 Å². The van der Waals surface area contributed by atoms with Crippen molar-refractivity contribution in [2.24, 2.45) is 0 Å². The first-order chi connectivity index (χ1) is 14.9. The number of hydrogen-bond donors (Lipinski definition) is 0. The summed E-state index contributed by atoms with van der Waals surface area (Å²) in [4.78, 5) is 39.1. The molecule has 0 spiro atoms. The highest BCUT2D eigenvalue weighted by Gasteiger charge is 2.26. The van der Waals surface area contributed by atoms with Crippen LogP contribution in [0, 0.1) is 0 Å². The summed E-state index contributed by atoms with van der Waals surface area (Å²) < 4.78 is 15.9. The molecule has 3 rings (SSSR count). The van der Waals surface area contributed by atoms with Gasteiger partial charge >= 0.3 is 11.9 Å². The number of amides is 1. The molecule has 0 aromatic heterocycles. The van der Waals surface area contributed by atoms with Gasteiger partial charge < -0.3 is 19.1 Å². The number of ether oxygens (including phenoxy) is 3. The largest absolute Gasteiger partial charge is 0.481 e. The SMILES string of the molecule is CCOC(=O)c1cc(OC(C)C(=O)N2CCc3ccccc3C2)cc(C(=O)OCC)c1. The average molecular weight is 425 g/mol. The van der Waals surface area contributed by atoms with Crippen molar-refractivity contribution in [3.8, 4) is 5.75 Å². The molecule has 0 fully saturated rings. The Morgan fingerprint density at radius 1 is 0.935 bits per heavy atom. The second-order valence-corrected chi connectivity index (χ2v) is 7.23. The predicted molar refractivity (Wildman–Crippen MR) is 114 cm³/mol. The van der Waals surface area contributed by atoms with Crippen molar-refractivity contribution in [2.75, 3.05) is 19.8 Å². The van der Waals surface area contributed by atoms with Crippen LogP contribution in [0.1, 0.15) is 52.6 Å². The van der Waals surface area contributed by atoms with Gasteiger partial charge in [-0.05, 0) is 56.5 Å². The Morgan fingerprint density at radius 2 is 1.52 bits per heavy atom. The van der Waals surface area contributed by atoms with Gasteiger partial charge in [-0.2, -0.15) is 0 Å². The van der Waals surface area contributed by atoms with Crippen molar-refractivity contribution >= 4 is 17.8 Å². The Morgan fingerprint density at radius 3 is 2.10 bits per heavy atom. The molecule has 0 aliphatic carbocycles. The minimum Gasteiger partial charge on any atom is -0.481 e. The molecule has 1 amide bonds. The van der Waals surface area contributed by atoms with Gasteiger partial charge in [0, 0.05) is 13.1 Å². The lowest BCUT2D eigenvalue weighted by atomic mass is 9.99. The lowest BCUT2D eigenvalue weighted by molar-refractivity contribution is -0.138. The Labute approximate surface area is 181 Å². The molecular weight excluding hydrogens is 398 g/mol. The van der Waals surface area contributed by atoms with Crippen LogP contribution in [-0.2, 0) is 27.2 Å². The van der Waals surface area contributed by atoms with Crippen LogP contribution < -0.4 is 4.74 Å². The van der Waals surface area contributed by atoms with E-state index in [1.165, 1.54) is 23.8 Å². The molecule has 0 N–H and O–H groups in total. The van der Waals surface area contributed by atoms with E-state index in [4.69, 9.17) is 14.2 Å². The fourth-order valence-electron chi connectivity index (χ4n) is 3.53. The van der Waals surface area contributed by atoms with E-state index in [-0.39, 0.29) is 36.0 Å². The second-order valence-electron chi connectivity index (χ2n) is 7.23. The van der Waals surface area contributed by atoms with E-state index in [9.17, 15) is 14.4 Å². The number of hydrogen-bond acceptors (Lipinski definition) is 6. The molecule has 2 aromatic carbocycles. The maximum Gasteiger partial charge on any atom is 0.338 e. The lowest BCUT2D eigenvalue weighted by Crippen LogP contribution is -2.43. The van der Waals surface area contributed by atoms with Crippen LogP contribution in [0.4, 0.5) is 0 Å². The van der Waals surface area contributed by atoms with Crippen molar-refractivity contribution in [3.63, 3.8) is 0 Å². The molecule has 1 aliphatic rings. The fourth-order valence-corrected chi connectivity index (χ4v) is 3.53. The molecular formula is C24H27NO6. The Balaban J connectivity index is 1.77. The van der Waals surface area contributed by atoms with Crippen molar-refractivity contribution in [3.05, 3.63) is 64.7 Å². The number of benzene rings is 2. The van der Waals surface area contributed by atoms with Gasteiger partial charge in [-0.3, -0.25) is 4.79 Å². The number of carbonyl (C=O) groups excluding carboxylic acids is 3. The third-order valence-corrected chi connectivity index (χ3v) is 5.03. The van der Waals surface area contributed by atoms with Crippen molar-refractivity contribution in [2.45, 2.75) is 39.8 Å². The summed E-state index contributed by atoms with van der Waals surface area (Å²) in [6.07, 6.45) is -0.00210. The molecule has 7 heteroatoms. The maximum atomic E-state index is 13.0. The van der Waals surface area contributed by atoms with Crippen LogP contribution >= 0.6 is 0 Å². The van der Waals surface area contributed by atoms with Crippen LogP contribution in [0.5, 0.6) is 5.75 Å². The van der Waals surface area contributed by atoms with Gasteiger partial charge in [0.25, 0.3) is 5.91 Å². The van der Waals surface area contributed by atoms with Crippen molar-refractivity contribution < 1.29 is 28.6 Å². The number of esters is 2. The Hall–Kier alpha value is -3.35. The molecule has 0 saturated heterocycles. The van der Waals surface area contributed by atoms with Crippen LogP contribution in [0.2, 0.25) is 0 Å². The zero-order valence-electron chi connectivity index (χ0n) is 18.1. The number of fused-ring (bicyclic) bond motifs is 1. The van der Waals surface area contributed by atoms with E-state index >= 15 is 0 Å². The molecule has 164 valence electrons. The summed E-state index contributed by atoms with van der Waals surface area (Å²) in [5.74, 6) is -1.09. The number of carbonyl (C=O) groups is 3. The maximum absolute atomic E-state index is 13.0. The first kappa shape index (κ1) is 22.3. The van der Waals surface area contributed by atoms with Crippen molar-refractivity contribution in [1.82, 2.24) is 4.90 Å². The minimum absolute atomic E-state index is 0.159. The molecule has 7 nitrogen and oxygen atoms in total. The van der Waals surface area contributed by atoms with Crippen LogP contribution in [0.3, 0.4) is 0 Å². The third-order valence-electron chi connectivity index (χ3n) is 5.03.